The monoisotopic (exact) mass is 378 g/mol. The van der Waals surface area contributed by atoms with E-state index >= 15 is 0 Å². The molecule has 1 aromatic heterocycles. The lowest BCUT2D eigenvalue weighted by molar-refractivity contribution is 0.0531. The minimum atomic E-state index is -0.436. The van der Waals surface area contributed by atoms with Gasteiger partial charge < -0.3 is 9.80 Å². The normalized spacial score (nSPS) is 14.2. The van der Waals surface area contributed by atoms with Crippen LogP contribution in [-0.4, -0.2) is 57.3 Å². The first-order valence-corrected chi connectivity index (χ1v) is 9.05. The van der Waals surface area contributed by atoms with Gasteiger partial charge in [-0.25, -0.2) is 9.37 Å². The van der Waals surface area contributed by atoms with Gasteiger partial charge >= 0.3 is 0 Å². The van der Waals surface area contributed by atoms with E-state index in [1.807, 2.05) is 30.3 Å². The summed E-state index contributed by atoms with van der Waals surface area (Å²) in [6, 6.07) is 15.2. The smallest absolute Gasteiger partial charge is 0.272 e. The number of halogens is 1. The van der Waals surface area contributed by atoms with Gasteiger partial charge in [0.2, 0.25) is 0 Å². The molecule has 2 aromatic carbocycles. The standard InChI is InChI=1S/C21H19FN4O2/c22-17-6-4-5-16(13-17)20(27)24-9-11-25(12-10-24)21(28)19-14-23-15-26(19)18-7-2-1-3-8-18/h1-8,13-15H,9-12H2. The summed E-state index contributed by atoms with van der Waals surface area (Å²) >= 11 is 0. The first kappa shape index (κ1) is 17.9. The predicted octanol–water partition coefficient (Wildman–Crippen LogP) is 2.61. The molecule has 2 heterocycles. The summed E-state index contributed by atoms with van der Waals surface area (Å²) in [6.45, 7) is 1.64. The zero-order valence-corrected chi connectivity index (χ0v) is 15.2. The Labute approximate surface area is 161 Å². The molecule has 0 N–H and O–H groups in total. The Kier molecular flexibility index (Phi) is 4.89. The molecule has 0 radical (unpaired) electrons. The fourth-order valence-electron chi connectivity index (χ4n) is 3.33. The van der Waals surface area contributed by atoms with Crippen molar-refractivity contribution >= 4 is 11.8 Å². The van der Waals surface area contributed by atoms with Gasteiger partial charge in [0, 0.05) is 37.4 Å². The Morgan fingerprint density at radius 3 is 2.21 bits per heavy atom. The van der Waals surface area contributed by atoms with Gasteiger partial charge in [0.1, 0.15) is 11.5 Å². The second-order valence-electron chi connectivity index (χ2n) is 6.58. The lowest BCUT2D eigenvalue weighted by atomic mass is 10.1. The van der Waals surface area contributed by atoms with Crippen molar-refractivity contribution in [2.75, 3.05) is 26.2 Å². The van der Waals surface area contributed by atoms with E-state index in [4.69, 9.17) is 0 Å². The molecule has 4 rings (SSSR count). The number of rotatable bonds is 3. The van der Waals surface area contributed by atoms with E-state index in [1.165, 1.54) is 18.2 Å². The lowest BCUT2D eigenvalue weighted by Gasteiger charge is -2.34. The number of carbonyl (C=O) groups excluding carboxylic acids is 2. The number of carbonyl (C=O) groups is 2. The first-order chi connectivity index (χ1) is 13.6. The van der Waals surface area contributed by atoms with Crippen molar-refractivity contribution < 1.29 is 14.0 Å². The van der Waals surface area contributed by atoms with Crippen LogP contribution < -0.4 is 0 Å². The van der Waals surface area contributed by atoms with Crippen molar-refractivity contribution in [1.82, 2.24) is 19.4 Å². The van der Waals surface area contributed by atoms with Crippen molar-refractivity contribution in [2.24, 2.45) is 0 Å². The number of benzene rings is 2. The highest BCUT2D eigenvalue weighted by Gasteiger charge is 2.27. The third kappa shape index (κ3) is 3.51. The van der Waals surface area contributed by atoms with Crippen LogP contribution >= 0.6 is 0 Å². The van der Waals surface area contributed by atoms with Gasteiger partial charge in [-0.3, -0.25) is 14.2 Å². The number of piperazine rings is 1. The first-order valence-electron chi connectivity index (χ1n) is 9.05. The van der Waals surface area contributed by atoms with E-state index in [0.717, 1.165) is 5.69 Å². The van der Waals surface area contributed by atoms with E-state index in [9.17, 15) is 14.0 Å². The molecule has 6 nitrogen and oxygen atoms in total. The molecule has 0 spiro atoms. The van der Waals surface area contributed by atoms with E-state index in [-0.39, 0.29) is 11.8 Å². The lowest BCUT2D eigenvalue weighted by Crippen LogP contribution is -2.50. The van der Waals surface area contributed by atoms with Crippen LogP contribution in [0, 0.1) is 5.82 Å². The van der Waals surface area contributed by atoms with Gasteiger partial charge in [-0.2, -0.15) is 0 Å². The van der Waals surface area contributed by atoms with Crippen molar-refractivity contribution in [3.8, 4) is 5.69 Å². The maximum Gasteiger partial charge on any atom is 0.272 e. The molecular formula is C21H19FN4O2. The summed E-state index contributed by atoms with van der Waals surface area (Å²) in [4.78, 5) is 33.0. The third-order valence-electron chi connectivity index (χ3n) is 4.82. The fraction of sp³-hybridized carbons (Fsp3) is 0.190. The molecule has 2 amide bonds. The second-order valence-corrected chi connectivity index (χ2v) is 6.58. The summed E-state index contributed by atoms with van der Waals surface area (Å²) in [5.74, 6) is -0.783. The van der Waals surface area contributed by atoms with Crippen molar-refractivity contribution in [2.45, 2.75) is 0 Å². The van der Waals surface area contributed by atoms with Gasteiger partial charge in [-0.1, -0.05) is 24.3 Å². The maximum absolute atomic E-state index is 13.4. The summed E-state index contributed by atoms with van der Waals surface area (Å²) in [5, 5.41) is 0. The second kappa shape index (κ2) is 7.64. The fourth-order valence-corrected chi connectivity index (χ4v) is 3.33. The molecule has 1 aliphatic rings. The molecule has 0 unspecified atom stereocenters. The number of hydrogen-bond donors (Lipinski definition) is 0. The predicted molar refractivity (Wildman–Crippen MR) is 102 cm³/mol. The number of hydrogen-bond acceptors (Lipinski definition) is 3. The molecular weight excluding hydrogens is 359 g/mol. The molecule has 1 fully saturated rings. The van der Waals surface area contributed by atoms with Crippen molar-refractivity contribution in [3.63, 3.8) is 0 Å². The zero-order valence-electron chi connectivity index (χ0n) is 15.2. The van der Waals surface area contributed by atoms with Crippen LogP contribution in [0.1, 0.15) is 20.8 Å². The van der Waals surface area contributed by atoms with Gasteiger partial charge in [0.15, 0.2) is 0 Å². The largest absolute Gasteiger partial charge is 0.335 e. The molecule has 7 heteroatoms. The molecule has 142 valence electrons. The summed E-state index contributed by atoms with van der Waals surface area (Å²) < 4.78 is 15.1. The highest BCUT2D eigenvalue weighted by atomic mass is 19.1. The summed E-state index contributed by atoms with van der Waals surface area (Å²) in [7, 11) is 0. The van der Waals surface area contributed by atoms with Gasteiger partial charge in [-0.15, -0.1) is 0 Å². The van der Waals surface area contributed by atoms with E-state index in [0.29, 0.717) is 37.4 Å². The van der Waals surface area contributed by atoms with Crippen LogP contribution in [-0.2, 0) is 0 Å². The number of amides is 2. The molecule has 28 heavy (non-hydrogen) atoms. The topological polar surface area (TPSA) is 58.4 Å². The molecule has 0 bridgehead atoms. The number of imidazole rings is 1. The SMILES string of the molecule is O=C(c1cccc(F)c1)N1CCN(C(=O)c2cncn2-c2ccccc2)CC1. The molecule has 0 aliphatic carbocycles. The minimum absolute atomic E-state index is 0.126. The van der Waals surface area contributed by atoms with Crippen LogP contribution in [0.2, 0.25) is 0 Å². The van der Waals surface area contributed by atoms with Crippen LogP contribution in [0.15, 0.2) is 67.1 Å². The third-order valence-corrected chi connectivity index (χ3v) is 4.82. The highest BCUT2D eigenvalue weighted by molar-refractivity contribution is 5.95. The van der Waals surface area contributed by atoms with E-state index < -0.39 is 5.82 Å². The average molecular weight is 378 g/mol. The summed E-state index contributed by atoms with van der Waals surface area (Å²) in [6.07, 6.45) is 3.17. The Morgan fingerprint density at radius 1 is 0.857 bits per heavy atom. The van der Waals surface area contributed by atoms with Crippen molar-refractivity contribution in [3.05, 3.63) is 84.2 Å². The quantitative estimate of drug-likeness (QED) is 0.704. The van der Waals surface area contributed by atoms with E-state index in [1.54, 1.807) is 33.0 Å². The maximum atomic E-state index is 13.4. The van der Waals surface area contributed by atoms with Gasteiger partial charge in [0.05, 0.1) is 12.5 Å². The zero-order chi connectivity index (χ0) is 19.5. The van der Waals surface area contributed by atoms with Gasteiger partial charge in [0.25, 0.3) is 11.8 Å². The van der Waals surface area contributed by atoms with Crippen LogP contribution in [0.5, 0.6) is 0 Å². The van der Waals surface area contributed by atoms with E-state index in [2.05, 4.69) is 4.98 Å². The number of nitrogens with zero attached hydrogens (tertiary/aromatic N) is 4. The minimum Gasteiger partial charge on any atom is -0.335 e. The molecule has 1 aliphatic heterocycles. The van der Waals surface area contributed by atoms with Crippen LogP contribution in [0.25, 0.3) is 5.69 Å². The Balaban J connectivity index is 1.44. The Morgan fingerprint density at radius 2 is 1.54 bits per heavy atom. The molecule has 0 saturated carbocycles. The number of aromatic nitrogens is 2. The molecule has 1 saturated heterocycles. The Bertz CT molecular complexity index is 994. The number of para-hydroxylation sites is 1. The average Bonchev–Trinajstić information content (AvgIpc) is 3.23. The van der Waals surface area contributed by atoms with Crippen molar-refractivity contribution in [1.29, 1.82) is 0 Å². The highest BCUT2D eigenvalue weighted by Crippen LogP contribution is 2.15. The molecule has 3 aromatic rings. The molecule has 0 atom stereocenters. The van der Waals surface area contributed by atoms with Crippen LogP contribution in [0.4, 0.5) is 4.39 Å². The van der Waals surface area contributed by atoms with Crippen LogP contribution in [0.3, 0.4) is 0 Å². The summed E-state index contributed by atoms with van der Waals surface area (Å²) in [5.41, 5.74) is 1.67. The van der Waals surface area contributed by atoms with Gasteiger partial charge in [-0.05, 0) is 30.3 Å². The Hall–Kier alpha value is -3.48.